The van der Waals surface area contributed by atoms with Crippen LogP contribution in [-0.2, 0) is 0 Å². The Labute approximate surface area is 140 Å². The van der Waals surface area contributed by atoms with Crippen LogP contribution in [0.1, 0.15) is 35.8 Å². The number of carbonyl (C=O) groups excluding carboxylic acids is 1. The fourth-order valence-corrected chi connectivity index (χ4v) is 2.30. The number of nitrogens with zero attached hydrogens (tertiary/aromatic N) is 1. The molecule has 2 N–H and O–H groups in total. The number of halogens is 2. The molecule has 1 atom stereocenters. The van der Waals surface area contributed by atoms with Gasteiger partial charge in [-0.1, -0.05) is 13.8 Å². The Balaban J connectivity index is 2.21. The van der Waals surface area contributed by atoms with Crippen LogP contribution in [0.25, 0.3) is 0 Å². The van der Waals surface area contributed by atoms with Crippen LogP contribution in [0.5, 0.6) is 0 Å². The molecule has 0 aliphatic rings. The van der Waals surface area contributed by atoms with Crippen molar-refractivity contribution in [2.75, 3.05) is 11.9 Å². The van der Waals surface area contributed by atoms with Crippen LogP contribution in [-0.4, -0.2) is 17.3 Å². The summed E-state index contributed by atoms with van der Waals surface area (Å²) in [4.78, 5) is 19.3. The first-order valence-electron chi connectivity index (χ1n) is 7.37. The van der Waals surface area contributed by atoms with E-state index >= 15 is 0 Å². The Hall–Kier alpha value is -1.98. The van der Waals surface area contributed by atoms with E-state index in [2.05, 4.69) is 29.0 Å². The van der Waals surface area contributed by atoms with Gasteiger partial charge in [-0.05, 0) is 59.7 Å². The Morgan fingerprint density at radius 1 is 1.26 bits per heavy atom. The molecule has 2 rings (SSSR count). The average Bonchev–Trinajstić information content (AvgIpc) is 2.54. The summed E-state index contributed by atoms with van der Waals surface area (Å²) in [6, 6.07) is 8.16. The van der Waals surface area contributed by atoms with E-state index in [0.717, 1.165) is 6.54 Å². The first-order chi connectivity index (χ1) is 11.0. The Morgan fingerprint density at radius 3 is 2.57 bits per heavy atom. The number of hydrogen-bond donors (Lipinski definition) is 2. The van der Waals surface area contributed by atoms with Gasteiger partial charge >= 0.3 is 0 Å². The summed E-state index contributed by atoms with van der Waals surface area (Å²) < 4.78 is 13.0. The second-order valence-electron chi connectivity index (χ2n) is 5.66. The number of ketones is 1. The molecule has 0 aliphatic carbocycles. The highest BCUT2D eigenvalue weighted by molar-refractivity contribution is 6.16. The third-order valence-electron chi connectivity index (χ3n) is 3.31. The van der Waals surface area contributed by atoms with Crippen molar-refractivity contribution in [3.8, 4) is 0 Å². The summed E-state index contributed by atoms with van der Waals surface area (Å²) in [5, 5.41) is 3.21. The molecule has 1 aromatic heterocycles. The summed E-state index contributed by atoms with van der Waals surface area (Å²) in [5.41, 5.74) is 1.08. The van der Waals surface area contributed by atoms with Gasteiger partial charge in [0.15, 0.2) is 5.78 Å². The first kappa shape index (κ1) is 17.4. The molecule has 2 aromatic rings. The molecule has 0 fully saturated rings. The predicted molar refractivity (Wildman–Crippen MR) is 90.0 cm³/mol. The summed E-state index contributed by atoms with van der Waals surface area (Å²) in [6.07, 6.45) is 1.62. The minimum atomic E-state index is -0.732. The molecular formula is C17H19ClFN3O. The van der Waals surface area contributed by atoms with E-state index in [1.165, 1.54) is 24.3 Å². The fraction of sp³-hybridized carbons (Fsp3) is 0.294. The van der Waals surface area contributed by atoms with Crippen molar-refractivity contribution in [2.45, 2.75) is 19.9 Å². The highest BCUT2D eigenvalue weighted by Gasteiger charge is 2.21. The van der Waals surface area contributed by atoms with E-state index in [-0.39, 0.29) is 11.6 Å². The number of Topliss-reactive ketones (excluding diaryl/α,β-unsaturated/α-hetero) is 1. The van der Waals surface area contributed by atoms with E-state index in [1.54, 1.807) is 18.3 Å². The van der Waals surface area contributed by atoms with Gasteiger partial charge in [-0.25, -0.2) is 14.2 Å². The number of anilines is 1. The average molecular weight is 336 g/mol. The van der Waals surface area contributed by atoms with Gasteiger partial charge in [0.25, 0.3) is 0 Å². The zero-order chi connectivity index (χ0) is 16.8. The zero-order valence-electron chi connectivity index (χ0n) is 13.0. The normalized spacial score (nSPS) is 12.2. The van der Waals surface area contributed by atoms with Crippen molar-refractivity contribution < 1.29 is 9.18 Å². The number of rotatable bonds is 7. The Bertz CT molecular complexity index is 661. The van der Waals surface area contributed by atoms with Crippen molar-refractivity contribution in [3.63, 3.8) is 0 Å². The zero-order valence-corrected chi connectivity index (χ0v) is 13.8. The third-order valence-corrected chi connectivity index (χ3v) is 3.53. The summed E-state index contributed by atoms with van der Waals surface area (Å²) in [5.74, 6) is 0.533. The van der Waals surface area contributed by atoms with Crippen LogP contribution in [0.15, 0.2) is 42.6 Å². The van der Waals surface area contributed by atoms with Crippen LogP contribution < -0.4 is 10.2 Å². The van der Waals surface area contributed by atoms with Crippen molar-refractivity contribution in [3.05, 3.63) is 59.5 Å². The van der Waals surface area contributed by atoms with Crippen molar-refractivity contribution >= 4 is 23.4 Å². The van der Waals surface area contributed by atoms with Gasteiger partial charge in [0, 0.05) is 18.3 Å². The van der Waals surface area contributed by atoms with E-state index in [4.69, 9.17) is 11.8 Å². The third kappa shape index (κ3) is 4.74. The highest BCUT2D eigenvalue weighted by atomic mass is 35.5. The molecule has 1 aromatic carbocycles. The molecule has 4 nitrogen and oxygen atoms in total. The molecule has 0 spiro atoms. The van der Waals surface area contributed by atoms with Gasteiger partial charge < -0.3 is 5.32 Å². The van der Waals surface area contributed by atoms with Gasteiger partial charge in [0.2, 0.25) is 0 Å². The van der Waals surface area contributed by atoms with Gasteiger partial charge in [-0.3, -0.25) is 4.79 Å². The minimum Gasteiger partial charge on any atom is -0.370 e. The maximum absolute atomic E-state index is 13.0. The minimum absolute atomic E-state index is 0.235. The molecule has 0 bridgehead atoms. The molecule has 1 unspecified atom stereocenters. The van der Waals surface area contributed by atoms with Gasteiger partial charge in [0.1, 0.15) is 17.7 Å². The Kier molecular flexibility index (Phi) is 6.07. The Morgan fingerprint density at radius 2 is 1.96 bits per heavy atom. The second kappa shape index (κ2) is 8.04. The van der Waals surface area contributed by atoms with Crippen LogP contribution in [0, 0.1) is 11.7 Å². The van der Waals surface area contributed by atoms with Gasteiger partial charge in [-0.15, -0.1) is 0 Å². The molecular weight excluding hydrogens is 317 g/mol. The maximum atomic E-state index is 13.0. The van der Waals surface area contributed by atoms with E-state index in [9.17, 15) is 9.18 Å². The summed E-state index contributed by atoms with van der Waals surface area (Å²) >= 11 is 5.77. The lowest BCUT2D eigenvalue weighted by atomic mass is 9.99. The van der Waals surface area contributed by atoms with Crippen LogP contribution in [0.3, 0.4) is 0 Å². The summed E-state index contributed by atoms with van der Waals surface area (Å²) in [6.45, 7) is 4.97. The molecule has 0 radical (unpaired) electrons. The predicted octanol–water partition coefficient (Wildman–Crippen LogP) is 3.96. The lowest BCUT2D eigenvalue weighted by Gasteiger charge is -2.16. The van der Waals surface area contributed by atoms with E-state index in [1.807, 2.05) is 0 Å². The summed E-state index contributed by atoms with van der Waals surface area (Å²) in [7, 11) is 0. The van der Waals surface area contributed by atoms with E-state index < -0.39 is 6.04 Å². The van der Waals surface area contributed by atoms with Gasteiger partial charge in [0.05, 0.1) is 0 Å². The second-order valence-corrected chi connectivity index (χ2v) is 5.88. The number of pyridine rings is 1. The van der Waals surface area contributed by atoms with Crippen molar-refractivity contribution in [2.24, 2.45) is 5.92 Å². The quantitative estimate of drug-likeness (QED) is 0.594. The molecule has 0 amide bonds. The molecule has 122 valence electrons. The van der Waals surface area contributed by atoms with Crippen LogP contribution >= 0.6 is 11.8 Å². The monoisotopic (exact) mass is 335 g/mol. The fourth-order valence-electron chi connectivity index (χ4n) is 2.08. The SMILES string of the molecule is CC(C)CNc1cc(C(NCl)C(=O)c2ccc(F)cc2)ccn1. The molecule has 6 heteroatoms. The topological polar surface area (TPSA) is 54.0 Å². The van der Waals surface area contributed by atoms with Crippen LogP contribution in [0.2, 0.25) is 0 Å². The van der Waals surface area contributed by atoms with Crippen LogP contribution in [0.4, 0.5) is 10.2 Å². The number of nitrogens with one attached hydrogen (secondary N) is 2. The molecule has 1 heterocycles. The lowest BCUT2D eigenvalue weighted by molar-refractivity contribution is 0.0954. The van der Waals surface area contributed by atoms with E-state index in [0.29, 0.717) is 22.9 Å². The highest BCUT2D eigenvalue weighted by Crippen LogP contribution is 2.21. The molecule has 23 heavy (non-hydrogen) atoms. The number of benzene rings is 1. The van der Waals surface area contributed by atoms with Crippen molar-refractivity contribution in [1.29, 1.82) is 0 Å². The lowest BCUT2D eigenvalue weighted by Crippen LogP contribution is -2.22. The number of carbonyl (C=O) groups is 1. The maximum Gasteiger partial charge on any atom is 0.185 e. The first-order valence-corrected chi connectivity index (χ1v) is 7.75. The number of aromatic nitrogens is 1. The largest absolute Gasteiger partial charge is 0.370 e. The molecule has 0 saturated carbocycles. The number of hydrogen-bond acceptors (Lipinski definition) is 4. The molecule has 0 saturated heterocycles. The molecule has 0 aliphatic heterocycles. The van der Waals surface area contributed by atoms with Gasteiger partial charge in [-0.2, -0.15) is 0 Å². The smallest absolute Gasteiger partial charge is 0.185 e. The standard InChI is InChI=1S/C17H19ClFN3O/c1-11(2)10-21-15-9-13(7-8-20-15)16(22-18)17(23)12-3-5-14(19)6-4-12/h3-9,11,16,22H,10H2,1-2H3,(H,20,21). The van der Waals surface area contributed by atoms with Crippen molar-refractivity contribution in [1.82, 2.24) is 9.82 Å².